The maximum Gasteiger partial charge on any atom is 0.191 e. The monoisotopic (exact) mass is 529 g/mol. The highest BCUT2D eigenvalue weighted by atomic mass is 127. The molecule has 0 saturated heterocycles. The third-order valence-corrected chi connectivity index (χ3v) is 5.75. The molecule has 1 aromatic carbocycles. The molecule has 2 aromatic rings. The zero-order chi connectivity index (χ0) is 20.5. The molecule has 1 heterocycles. The Morgan fingerprint density at radius 3 is 2.70 bits per heavy atom. The van der Waals surface area contributed by atoms with Crippen LogP contribution in [0.2, 0.25) is 0 Å². The molecule has 0 aliphatic heterocycles. The summed E-state index contributed by atoms with van der Waals surface area (Å²) in [7, 11) is 0. The SMILES string of the molecule is CCNC(=NCc1ccc(-n2ccnc2)c(F)c1)NCC1(CCO)CCCCC1.I. The highest BCUT2D eigenvalue weighted by Gasteiger charge is 2.31. The molecule has 1 aromatic heterocycles. The van der Waals surface area contributed by atoms with Crippen molar-refractivity contribution in [2.24, 2.45) is 10.4 Å². The number of hydrogen-bond donors (Lipinski definition) is 3. The molecule has 0 spiro atoms. The fourth-order valence-corrected chi connectivity index (χ4v) is 4.10. The van der Waals surface area contributed by atoms with E-state index < -0.39 is 0 Å². The summed E-state index contributed by atoms with van der Waals surface area (Å²) in [5, 5.41) is 16.2. The van der Waals surface area contributed by atoms with Crippen LogP contribution < -0.4 is 10.6 Å². The number of benzene rings is 1. The molecular weight excluding hydrogens is 496 g/mol. The minimum absolute atomic E-state index is 0. The van der Waals surface area contributed by atoms with Crippen LogP contribution in [0.3, 0.4) is 0 Å². The van der Waals surface area contributed by atoms with E-state index in [4.69, 9.17) is 0 Å². The number of nitrogens with zero attached hydrogens (tertiary/aromatic N) is 3. The third-order valence-electron chi connectivity index (χ3n) is 5.75. The first-order chi connectivity index (χ1) is 14.2. The van der Waals surface area contributed by atoms with Gasteiger partial charge in [0.15, 0.2) is 5.96 Å². The van der Waals surface area contributed by atoms with Gasteiger partial charge in [0.2, 0.25) is 0 Å². The van der Waals surface area contributed by atoms with Crippen molar-refractivity contribution in [1.82, 2.24) is 20.2 Å². The van der Waals surface area contributed by atoms with Crippen molar-refractivity contribution in [2.75, 3.05) is 19.7 Å². The lowest BCUT2D eigenvalue weighted by Gasteiger charge is -2.37. The Bertz CT molecular complexity index is 785. The Labute approximate surface area is 195 Å². The highest BCUT2D eigenvalue weighted by Crippen LogP contribution is 2.38. The van der Waals surface area contributed by atoms with Gasteiger partial charge in [0.25, 0.3) is 0 Å². The van der Waals surface area contributed by atoms with E-state index in [1.54, 1.807) is 29.4 Å². The lowest BCUT2D eigenvalue weighted by molar-refractivity contribution is 0.131. The van der Waals surface area contributed by atoms with Crippen molar-refractivity contribution in [3.8, 4) is 5.69 Å². The van der Waals surface area contributed by atoms with Crippen molar-refractivity contribution in [3.63, 3.8) is 0 Å². The van der Waals surface area contributed by atoms with Crippen LogP contribution in [0.1, 0.15) is 51.0 Å². The van der Waals surface area contributed by atoms with Crippen LogP contribution in [0.15, 0.2) is 41.9 Å². The van der Waals surface area contributed by atoms with E-state index in [-0.39, 0.29) is 41.8 Å². The molecule has 166 valence electrons. The fourth-order valence-electron chi connectivity index (χ4n) is 4.10. The highest BCUT2D eigenvalue weighted by molar-refractivity contribution is 14.0. The zero-order valence-electron chi connectivity index (χ0n) is 17.6. The third kappa shape index (κ3) is 6.66. The number of aromatic nitrogens is 2. The predicted molar refractivity (Wildman–Crippen MR) is 129 cm³/mol. The number of halogens is 2. The Balaban J connectivity index is 0.00000320. The minimum Gasteiger partial charge on any atom is -0.396 e. The van der Waals surface area contributed by atoms with Crippen LogP contribution in [0.4, 0.5) is 4.39 Å². The molecule has 6 nitrogen and oxygen atoms in total. The maximum absolute atomic E-state index is 14.5. The lowest BCUT2D eigenvalue weighted by atomic mass is 9.72. The second kappa shape index (κ2) is 12.2. The average Bonchev–Trinajstić information content (AvgIpc) is 3.26. The van der Waals surface area contributed by atoms with Gasteiger partial charge in [0.1, 0.15) is 5.82 Å². The smallest absolute Gasteiger partial charge is 0.191 e. The topological polar surface area (TPSA) is 74.5 Å². The van der Waals surface area contributed by atoms with Crippen LogP contribution in [0.25, 0.3) is 5.69 Å². The van der Waals surface area contributed by atoms with Crippen molar-refractivity contribution < 1.29 is 9.50 Å². The summed E-state index contributed by atoms with van der Waals surface area (Å²) in [5.41, 5.74) is 1.43. The van der Waals surface area contributed by atoms with E-state index in [1.165, 1.54) is 25.3 Å². The largest absolute Gasteiger partial charge is 0.396 e. The number of nitrogens with one attached hydrogen (secondary N) is 2. The molecule has 3 N–H and O–H groups in total. The first kappa shape index (κ1) is 24.6. The van der Waals surface area contributed by atoms with Crippen molar-refractivity contribution >= 4 is 29.9 Å². The molecular formula is C22H33FIN5O. The van der Waals surface area contributed by atoms with Crippen LogP contribution in [0.5, 0.6) is 0 Å². The van der Waals surface area contributed by atoms with Gasteiger partial charge in [-0.15, -0.1) is 24.0 Å². The van der Waals surface area contributed by atoms with Gasteiger partial charge in [-0.1, -0.05) is 25.3 Å². The average molecular weight is 529 g/mol. The summed E-state index contributed by atoms with van der Waals surface area (Å²) in [6, 6.07) is 5.16. The van der Waals surface area contributed by atoms with Gasteiger partial charge in [0.05, 0.1) is 18.6 Å². The summed E-state index contributed by atoms with van der Waals surface area (Å²) < 4.78 is 16.1. The predicted octanol–water partition coefficient (Wildman–Crippen LogP) is 4.02. The molecule has 3 rings (SSSR count). The number of aliphatic hydroxyl groups excluding tert-OH is 1. The molecule has 0 bridgehead atoms. The molecule has 8 heteroatoms. The van der Waals surface area contributed by atoms with Crippen LogP contribution in [-0.2, 0) is 6.54 Å². The van der Waals surface area contributed by atoms with Gasteiger partial charge in [-0.05, 0) is 49.3 Å². The van der Waals surface area contributed by atoms with E-state index in [9.17, 15) is 9.50 Å². The quantitative estimate of drug-likeness (QED) is 0.275. The zero-order valence-corrected chi connectivity index (χ0v) is 19.9. The number of guanidine groups is 1. The Morgan fingerprint density at radius 2 is 2.07 bits per heavy atom. The van der Waals surface area contributed by atoms with Crippen molar-refractivity contribution in [3.05, 3.63) is 48.3 Å². The molecule has 1 aliphatic rings. The first-order valence-corrected chi connectivity index (χ1v) is 10.6. The number of hydrogen-bond acceptors (Lipinski definition) is 3. The molecule has 0 radical (unpaired) electrons. The number of aliphatic hydroxyl groups is 1. The Morgan fingerprint density at radius 1 is 1.27 bits per heavy atom. The maximum atomic E-state index is 14.5. The molecule has 0 atom stereocenters. The van der Waals surface area contributed by atoms with Gasteiger partial charge in [-0.3, -0.25) is 0 Å². The fraction of sp³-hybridized carbons (Fsp3) is 0.545. The van der Waals surface area contributed by atoms with Crippen LogP contribution in [-0.4, -0.2) is 40.3 Å². The lowest BCUT2D eigenvalue weighted by Crippen LogP contribution is -2.44. The van der Waals surface area contributed by atoms with Crippen molar-refractivity contribution in [2.45, 2.75) is 52.0 Å². The summed E-state index contributed by atoms with van der Waals surface area (Å²) in [6.07, 6.45) is 11.7. The second-order valence-electron chi connectivity index (χ2n) is 7.84. The van der Waals surface area contributed by atoms with Crippen LogP contribution in [0, 0.1) is 11.2 Å². The summed E-state index contributed by atoms with van der Waals surface area (Å²) in [6.45, 7) is 4.20. The van der Waals surface area contributed by atoms with E-state index in [0.717, 1.165) is 43.9 Å². The van der Waals surface area contributed by atoms with E-state index in [2.05, 4.69) is 20.6 Å². The Hall–Kier alpha value is -1.68. The van der Waals surface area contributed by atoms with Gasteiger partial charge < -0.3 is 20.3 Å². The van der Waals surface area contributed by atoms with Gasteiger partial charge in [0, 0.05) is 32.1 Å². The van der Waals surface area contributed by atoms with E-state index >= 15 is 0 Å². The number of imidazole rings is 1. The van der Waals surface area contributed by atoms with E-state index in [1.807, 2.05) is 13.0 Å². The summed E-state index contributed by atoms with van der Waals surface area (Å²) in [5.74, 6) is 0.437. The van der Waals surface area contributed by atoms with Gasteiger partial charge >= 0.3 is 0 Å². The molecule has 1 saturated carbocycles. The normalized spacial score (nSPS) is 16.0. The summed E-state index contributed by atoms with van der Waals surface area (Å²) in [4.78, 5) is 8.60. The molecule has 0 unspecified atom stereocenters. The van der Waals surface area contributed by atoms with Gasteiger partial charge in [-0.25, -0.2) is 14.4 Å². The minimum atomic E-state index is -0.294. The van der Waals surface area contributed by atoms with Crippen molar-refractivity contribution in [1.29, 1.82) is 0 Å². The molecule has 1 fully saturated rings. The molecule has 30 heavy (non-hydrogen) atoms. The van der Waals surface area contributed by atoms with E-state index in [0.29, 0.717) is 12.2 Å². The second-order valence-corrected chi connectivity index (χ2v) is 7.84. The van der Waals surface area contributed by atoms with Gasteiger partial charge in [-0.2, -0.15) is 0 Å². The summed E-state index contributed by atoms with van der Waals surface area (Å²) >= 11 is 0. The number of rotatable bonds is 8. The first-order valence-electron chi connectivity index (χ1n) is 10.6. The molecule has 0 amide bonds. The number of aliphatic imine (C=N–C) groups is 1. The Kier molecular flexibility index (Phi) is 10.0. The molecule has 1 aliphatic carbocycles. The standard InChI is InChI=1S/C22H32FN5O.HI/c1-2-25-21(27-16-22(10-13-29)8-4-3-5-9-22)26-15-18-6-7-20(19(23)14-18)28-12-11-24-17-28;/h6-7,11-12,14,17,29H,2-5,8-10,13,15-16H2,1H3,(H2,25,26,27);1H. The van der Waals surface area contributed by atoms with Crippen LogP contribution >= 0.6 is 24.0 Å².